The van der Waals surface area contributed by atoms with E-state index in [1.54, 1.807) is 41.3 Å². The molecule has 1 aliphatic rings. The minimum absolute atomic E-state index is 0.0103. The molecule has 1 amide bonds. The number of amides is 1. The van der Waals surface area contributed by atoms with Crippen LogP contribution >= 0.6 is 11.3 Å². The van der Waals surface area contributed by atoms with E-state index in [2.05, 4.69) is 4.72 Å². The number of carbonyl (C=O) groups is 2. The molecule has 1 N–H and O–H groups in total. The number of Topliss-reactive ketones (excluding diaryl/α,β-unsaturated/α-hetero) is 1. The van der Waals surface area contributed by atoms with Crippen LogP contribution in [-0.4, -0.2) is 44.1 Å². The van der Waals surface area contributed by atoms with E-state index >= 15 is 0 Å². The predicted molar refractivity (Wildman–Crippen MR) is 104 cm³/mol. The first-order chi connectivity index (χ1) is 13.0. The average molecular weight is 407 g/mol. The number of ketones is 1. The van der Waals surface area contributed by atoms with E-state index in [4.69, 9.17) is 0 Å². The molecule has 144 valence electrons. The smallest absolute Gasteiger partial charge is 0.240 e. The fourth-order valence-electron chi connectivity index (χ4n) is 3.07. The van der Waals surface area contributed by atoms with Crippen LogP contribution < -0.4 is 4.72 Å². The molecule has 0 bridgehead atoms. The Labute approximate surface area is 163 Å². The fraction of sp³-hybridized carbons (Fsp3) is 0.368. The number of benzene rings is 1. The highest BCUT2D eigenvalue weighted by Gasteiger charge is 2.26. The van der Waals surface area contributed by atoms with Gasteiger partial charge in [-0.3, -0.25) is 9.59 Å². The molecule has 0 aliphatic carbocycles. The van der Waals surface area contributed by atoms with Gasteiger partial charge in [-0.05, 0) is 36.4 Å². The summed E-state index contributed by atoms with van der Waals surface area (Å²) in [5.41, 5.74) is 0. The lowest BCUT2D eigenvalue weighted by molar-refractivity contribution is -0.132. The van der Waals surface area contributed by atoms with Gasteiger partial charge in [0.25, 0.3) is 0 Å². The molecule has 2 aromatic rings. The van der Waals surface area contributed by atoms with Crippen molar-refractivity contribution in [3.63, 3.8) is 0 Å². The van der Waals surface area contributed by atoms with Crippen molar-refractivity contribution in [3.05, 3.63) is 52.7 Å². The number of sulfonamides is 1. The van der Waals surface area contributed by atoms with Crippen LogP contribution in [0, 0.1) is 0 Å². The SMILES string of the molecule is O=C(CCC(=O)N1CCC(NS(=O)(=O)c2ccccc2)CC1)c1cccs1. The van der Waals surface area contributed by atoms with Crippen LogP contribution in [0.4, 0.5) is 0 Å². The number of carbonyl (C=O) groups excluding carboxylic acids is 2. The van der Waals surface area contributed by atoms with Crippen molar-refractivity contribution in [2.24, 2.45) is 0 Å². The highest BCUT2D eigenvalue weighted by Crippen LogP contribution is 2.17. The second-order valence-electron chi connectivity index (χ2n) is 6.49. The fourth-order valence-corrected chi connectivity index (χ4v) is 5.09. The molecular formula is C19H22N2O4S2. The normalized spacial score (nSPS) is 15.6. The summed E-state index contributed by atoms with van der Waals surface area (Å²) >= 11 is 1.38. The summed E-state index contributed by atoms with van der Waals surface area (Å²) in [5.74, 6) is -0.0619. The Balaban J connectivity index is 1.46. The molecule has 27 heavy (non-hydrogen) atoms. The van der Waals surface area contributed by atoms with Gasteiger partial charge < -0.3 is 4.90 Å². The molecule has 1 fully saturated rings. The van der Waals surface area contributed by atoms with Gasteiger partial charge in [-0.2, -0.15) is 0 Å². The summed E-state index contributed by atoms with van der Waals surface area (Å²) in [5, 5.41) is 1.84. The van der Waals surface area contributed by atoms with Crippen molar-refractivity contribution >= 4 is 33.1 Å². The van der Waals surface area contributed by atoms with Crippen molar-refractivity contribution in [3.8, 4) is 0 Å². The highest BCUT2D eigenvalue weighted by molar-refractivity contribution is 7.89. The highest BCUT2D eigenvalue weighted by atomic mass is 32.2. The zero-order valence-electron chi connectivity index (χ0n) is 14.8. The molecule has 1 aromatic carbocycles. The molecule has 1 aromatic heterocycles. The van der Waals surface area contributed by atoms with E-state index in [1.165, 1.54) is 11.3 Å². The molecule has 0 unspecified atom stereocenters. The number of hydrogen-bond acceptors (Lipinski definition) is 5. The molecule has 0 spiro atoms. The Morgan fingerprint density at radius 1 is 1.04 bits per heavy atom. The standard InChI is InChI=1S/C19H22N2O4S2/c22-17(18-7-4-14-26-18)8-9-19(23)21-12-10-15(11-13-21)20-27(24,25)16-5-2-1-3-6-16/h1-7,14-15,20H,8-13H2. The van der Waals surface area contributed by atoms with E-state index in [1.807, 2.05) is 11.4 Å². The second-order valence-corrected chi connectivity index (χ2v) is 9.15. The van der Waals surface area contributed by atoms with Gasteiger partial charge in [0.05, 0.1) is 9.77 Å². The Bertz CT molecular complexity index is 872. The molecule has 3 rings (SSSR count). The van der Waals surface area contributed by atoms with E-state index in [-0.39, 0.29) is 35.5 Å². The number of thiophene rings is 1. The first-order valence-corrected chi connectivity index (χ1v) is 11.2. The summed E-state index contributed by atoms with van der Waals surface area (Å²) < 4.78 is 27.5. The molecule has 1 aliphatic heterocycles. The molecule has 6 nitrogen and oxygen atoms in total. The van der Waals surface area contributed by atoms with Gasteiger partial charge in [0.2, 0.25) is 15.9 Å². The third-order valence-electron chi connectivity index (χ3n) is 4.58. The number of piperidine rings is 1. The lowest BCUT2D eigenvalue weighted by Crippen LogP contribution is -2.46. The van der Waals surface area contributed by atoms with Gasteiger partial charge in [0.1, 0.15) is 0 Å². The topological polar surface area (TPSA) is 83.6 Å². The van der Waals surface area contributed by atoms with E-state index in [9.17, 15) is 18.0 Å². The van der Waals surface area contributed by atoms with E-state index in [0.717, 1.165) is 0 Å². The average Bonchev–Trinajstić information content (AvgIpc) is 3.22. The second kappa shape index (κ2) is 8.77. The van der Waals surface area contributed by atoms with Crippen molar-refractivity contribution in [2.75, 3.05) is 13.1 Å². The maximum Gasteiger partial charge on any atom is 0.240 e. The van der Waals surface area contributed by atoms with Crippen LogP contribution in [0.15, 0.2) is 52.7 Å². The van der Waals surface area contributed by atoms with Gasteiger partial charge in [-0.15, -0.1) is 11.3 Å². The van der Waals surface area contributed by atoms with Gasteiger partial charge in [0, 0.05) is 32.0 Å². The van der Waals surface area contributed by atoms with Gasteiger partial charge >= 0.3 is 0 Å². The summed E-state index contributed by atoms with van der Waals surface area (Å²) in [6, 6.07) is 11.7. The van der Waals surface area contributed by atoms with Crippen LogP contribution in [0.25, 0.3) is 0 Å². The van der Waals surface area contributed by atoms with Crippen molar-refractivity contribution < 1.29 is 18.0 Å². The third kappa shape index (κ3) is 5.24. The third-order valence-corrected chi connectivity index (χ3v) is 7.03. The van der Waals surface area contributed by atoms with Crippen LogP contribution in [0.2, 0.25) is 0 Å². The van der Waals surface area contributed by atoms with Crippen LogP contribution in [0.1, 0.15) is 35.4 Å². The number of nitrogens with zero attached hydrogens (tertiary/aromatic N) is 1. The van der Waals surface area contributed by atoms with Gasteiger partial charge in [-0.1, -0.05) is 24.3 Å². The molecule has 0 atom stereocenters. The number of rotatable bonds is 7. The van der Waals surface area contributed by atoms with E-state index < -0.39 is 10.0 Å². The monoisotopic (exact) mass is 406 g/mol. The number of hydrogen-bond donors (Lipinski definition) is 1. The minimum atomic E-state index is -3.54. The van der Waals surface area contributed by atoms with Crippen LogP contribution in [-0.2, 0) is 14.8 Å². The Morgan fingerprint density at radius 3 is 2.37 bits per heavy atom. The molecule has 1 saturated heterocycles. The molecule has 0 saturated carbocycles. The van der Waals surface area contributed by atoms with Crippen molar-refractivity contribution in [2.45, 2.75) is 36.6 Å². The maximum absolute atomic E-state index is 12.4. The Morgan fingerprint density at radius 2 is 1.74 bits per heavy atom. The quantitative estimate of drug-likeness (QED) is 0.717. The van der Waals surface area contributed by atoms with Gasteiger partial charge in [-0.25, -0.2) is 13.1 Å². The first kappa shape index (κ1) is 19.7. The Hall–Kier alpha value is -2.03. The lowest BCUT2D eigenvalue weighted by atomic mass is 10.1. The number of nitrogens with one attached hydrogen (secondary N) is 1. The summed E-state index contributed by atoms with van der Waals surface area (Å²) in [7, 11) is -3.54. The van der Waals surface area contributed by atoms with Crippen LogP contribution in [0.5, 0.6) is 0 Å². The van der Waals surface area contributed by atoms with Crippen LogP contribution in [0.3, 0.4) is 0 Å². The minimum Gasteiger partial charge on any atom is -0.343 e. The summed E-state index contributed by atoms with van der Waals surface area (Å²) in [4.78, 5) is 27.0. The van der Waals surface area contributed by atoms with Crippen molar-refractivity contribution in [1.29, 1.82) is 0 Å². The summed E-state index contributed by atoms with van der Waals surface area (Å²) in [6.45, 7) is 0.988. The van der Waals surface area contributed by atoms with E-state index in [0.29, 0.717) is 30.8 Å². The molecule has 2 heterocycles. The van der Waals surface area contributed by atoms with Gasteiger partial charge in [0.15, 0.2) is 5.78 Å². The number of likely N-dealkylation sites (tertiary alicyclic amines) is 1. The zero-order chi connectivity index (χ0) is 19.3. The molecule has 0 radical (unpaired) electrons. The van der Waals surface area contributed by atoms with Crippen molar-refractivity contribution in [1.82, 2.24) is 9.62 Å². The summed E-state index contributed by atoms with van der Waals surface area (Å²) in [6.07, 6.45) is 1.53. The molecular weight excluding hydrogens is 384 g/mol. The zero-order valence-corrected chi connectivity index (χ0v) is 16.5. The molecule has 8 heteroatoms. The predicted octanol–water partition coefficient (Wildman–Crippen LogP) is 2.68. The lowest BCUT2D eigenvalue weighted by Gasteiger charge is -2.32. The largest absolute Gasteiger partial charge is 0.343 e. The first-order valence-electron chi connectivity index (χ1n) is 8.87. The Kier molecular flexibility index (Phi) is 6.41. The maximum atomic E-state index is 12.4.